The standard InChI is InChI=1S/C18H27NO/c1-3-16(9-13-7-8-13)19-17-10-15(11-17)14-5-4-6-18(12-14)20-2/h4-6,12-13,15-17,19H,3,7-11H2,1-2H3. The lowest BCUT2D eigenvalue weighted by Crippen LogP contribution is -2.45. The van der Waals surface area contributed by atoms with Crippen LogP contribution in [0.5, 0.6) is 5.75 Å². The van der Waals surface area contributed by atoms with Gasteiger partial charge in [0.15, 0.2) is 0 Å². The van der Waals surface area contributed by atoms with Gasteiger partial charge in [-0.3, -0.25) is 0 Å². The molecule has 0 radical (unpaired) electrons. The molecule has 20 heavy (non-hydrogen) atoms. The van der Waals surface area contributed by atoms with Crippen molar-refractivity contribution in [2.45, 2.75) is 63.5 Å². The molecule has 0 aliphatic heterocycles. The molecule has 0 saturated heterocycles. The summed E-state index contributed by atoms with van der Waals surface area (Å²) >= 11 is 0. The van der Waals surface area contributed by atoms with E-state index in [9.17, 15) is 0 Å². The van der Waals surface area contributed by atoms with Crippen molar-refractivity contribution in [3.05, 3.63) is 29.8 Å². The van der Waals surface area contributed by atoms with Crippen LogP contribution in [-0.4, -0.2) is 19.2 Å². The molecule has 2 saturated carbocycles. The second-order valence-corrected chi connectivity index (χ2v) is 6.59. The van der Waals surface area contributed by atoms with Gasteiger partial charge in [-0.15, -0.1) is 0 Å². The second kappa shape index (κ2) is 6.17. The summed E-state index contributed by atoms with van der Waals surface area (Å²) in [6.45, 7) is 2.32. The molecule has 2 aliphatic carbocycles. The van der Waals surface area contributed by atoms with Crippen molar-refractivity contribution >= 4 is 0 Å². The first-order valence-corrected chi connectivity index (χ1v) is 8.18. The van der Waals surface area contributed by atoms with Crippen molar-refractivity contribution in [1.29, 1.82) is 0 Å². The van der Waals surface area contributed by atoms with E-state index in [4.69, 9.17) is 4.74 Å². The summed E-state index contributed by atoms with van der Waals surface area (Å²) < 4.78 is 5.32. The highest BCUT2D eigenvalue weighted by atomic mass is 16.5. The van der Waals surface area contributed by atoms with Crippen LogP contribution >= 0.6 is 0 Å². The Labute approximate surface area is 122 Å². The predicted octanol–water partition coefficient (Wildman–Crippen LogP) is 4.11. The Balaban J connectivity index is 1.47. The summed E-state index contributed by atoms with van der Waals surface area (Å²) in [6.07, 6.45) is 8.18. The van der Waals surface area contributed by atoms with Crippen LogP contribution in [0, 0.1) is 5.92 Å². The van der Waals surface area contributed by atoms with Gasteiger partial charge in [-0.25, -0.2) is 0 Å². The van der Waals surface area contributed by atoms with Crippen molar-refractivity contribution in [1.82, 2.24) is 5.32 Å². The van der Waals surface area contributed by atoms with Gasteiger partial charge in [0.2, 0.25) is 0 Å². The minimum atomic E-state index is 0.723. The minimum absolute atomic E-state index is 0.723. The van der Waals surface area contributed by atoms with Crippen molar-refractivity contribution in [2.24, 2.45) is 5.92 Å². The van der Waals surface area contributed by atoms with Gasteiger partial charge in [0.05, 0.1) is 7.11 Å². The van der Waals surface area contributed by atoms with Crippen molar-refractivity contribution < 1.29 is 4.74 Å². The Morgan fingerprint density at radius 3 is 2.75 bits per heavy atom. The van der Waals surface area contributed by atoms with Crippen LogP contribution in [0.1, 0.15) is 56.9 Å². The lowest BCUT2D eigenvalue weighted by atomic mass is 9.75. The molecule has 1 N–H and O–H groups in total. The molecule has 0 amide bonds. The van der Waals surface area contributed by atoms with Gasteiger partial charge in [0.1, 0.15) is 5.75 Å². The number of ether oxygens (including phenoxy) is 1. The highest BCUT2D eigenvalue weighted by Crippen LogP contribution is 2.39. The number of methoxy groups -OCH3 is 1. The average Bonchev–Trinajstić information content (AvgIpc) is 3.25. The maximum atomic E-state index is 5.32. The summed E-state index contributed by atoms with van der Waals surface area (Å²) in [7, 11) is 1.74. The van der Waals surface area contributed by atoms with Gasteiger partial charge in [0.25, 0.3) is 0 Å². The minimum Gasteiger partial charge on any atom is -0.497 e. The Morgan fingerprint density at radius 2 is 2.10 bits per heavy atom. The van der Waals surface area contributed by atoms with Gasteiger partial charge in [0, 0.05) is 12.1 Å². The van der Waals surface area contributed by atoms with Crippen LogP contribution in [0.25, 0.3) is 0 Å². The van der Waals surface area contributed by atoms with Crippen molar-refractivity contribution in [3.8, 4) is 5.75 Å². The van der Waals surface area contributed by atoms with Crippen LogP contribution < -0.4 is 10.1 Å². The number of nitrogens with one attached hydrogen (secondary N) is 1. The molecule has 110 valence electrons. The summed E-state index contributed by atoms with van der Waals surface area (Å²) in [5.74, 6) is 2.74. The highest BCUT2D eigenvalue weighted by Gasteiger charge is 2.33. The maximum absolute atomic E-state index is 5.32. The largest absolute Gasteiger partial charge is 0.497 e. The normalized spacial score (nSPS) is 26.9. The molecule has 0 heterocycles. The fraction of sp³-hybridized carbons (Fsp3) is 0.667. The first-order valence-electron chi connectivity index (χ1n) is 8.18. The first-order chi connectivity index (χ1) is 9.78. The average molecular weight is 273 g/mol. The van der Waals surface area contributed by atoms with Crippen molar-refractivity contribution in [3.63, 3.8) is 0 Å². The van der Waals surface area contributed by atoms with E-state index in [2.05, 4.69) is 30.4 Å². The van der Waals surface area contributed by atoms with Crippen LogP contribution in [0.4, 0.5) is 0 Å². The van der Waals surface area contributed by atoms with Crippen molar-refractivity contribution in [2.75, 3.05) is 7.11 Å². The third kappa shape index (κ3) is 3.35. The molecule has 1 aromatic carbocycles. The molecule has 2 heteroatoms. The molecule has 1 aromatic rings. The third-order valence-electron chi connectivity index (χ3n) is 4.98. The van der Waals surface area contributed by atoms with E-state index in [1.807, 2.05) is 6.07 Å². The Hall–Kier alpha value is -1.02. The molecule has 2 fully saturated rings. The van der Waals surface area contributed by atoms with Gasteiger partial charge in [-0.1, -0.05) is 31.9 Å². The first kappa shape index (κ1) is 13.9. The Bertz CT molecular complexity index is 435. The van der Waals surface area contributed by atoms with Gasteiger partial charge in [-0.05, 0) is 55.2 Å². The van der Waals surface area contributed by atoms with E-state index >= 15 is 0 Å². The summed E-state index contributed by atoms with van der Waals surface area (Å²) in [5.41, 5.74) is 1.44. The Kier molecular flexibility index (Phi) is 4.30. The zero-order chi connectivity index (χ0) is 13.9. The molecule has 3 rings (SSSR count). The van der Waals surface area contributed by atoms with E-state index < -0.39 is 0 Å². The van der Waals surface area contributed by atoms with Gasteiger partial charge < -0.3 is 10.1 Å². The summed E-state index contributed by atoms with van der Waals surface area (Å²) in [4.78, 5) is 0. The van der Waals surface area contributed by atoms with E-state index in [1.54, 1.807) is 7.11 Å². The number of benzene rings is 1. The predicted molar refractivity (Wildman–Crippen MR) is 83.3 cm³/mol. The highest BCUT2D eigenvalue weighted by molar-refractivity contribution is 5.32. The van der Waals surface area contributed by atoms with E-state index in [0.29, 0.717) is 0 Å². The fourth-order valence-corrected chi connectivity index (χ4v) is 3.36. The van der Waals surface area contributed by atoms with Crippen LogP contribution in [0.15, 0.2) is 24.3 Å². The molecule has 2 aliphatic rings. The molecule has 2 nitrogen and oxygen atoms in total. The number of rotatable bonds is 7. The van der Waals surface area contributed by atoms with E-state index in [1.165, 1.54) is 44.1 Å². The Morgan fingerprint density at radius 1 is 1.30 bits per heavy atom. The smallest absolute Gasteiger partial charge is 0.119 e. The summed E-state index contributed by atoms with van der Waals surface area (Å²) in [5, 5.41) is 3.87. The molecule has 0 aromatic heterocycles. The fourth-order valence-electron chi connectivity index (χ4n) is 3.36. The monoisotopic (exact) mass is 273 g/mol. The van der Waals surface area contributed by atoms with E-state index in [-0.39, 0.29) is 0 Å². The molecular formula is C18H27NO. The third-order valence-corrected chi connectivity index (χ3v) is 4.98. The molecular weight excluding hydrogens is 246 g/mol. The zero-order valence-electron chi connectivity index (χ0n) is 12.8. The molecule has 1 unspecified atom stereocenters. The second-order valence-electron chi connectivity index (χ2n) is 6.59. The van der Waals surface area contributed by atoms with Gasteiger partial charge >= 0.3 is 0 Å². The lowest BCUT2D eigenvalue weighted by Gasteiger charge is -2.39. The number of hydrogen-bond acceptors (Lipinski definition) is 2. The molecule has 1 atom stereocenters. The van der Waals surface area contributed by atoms with Crippen LogP contribution in [-0.2, 0) is 0 Å². The van der Waals surface area contributed by atoms with E-state index in [0.717, 1.165) is 29.7 Å². The lowest BCUT2D eigenvalue weighted by molar-refractivity contribution is 0.252. The maximum Gasteiger partial charge on any atom is 0.119 e. The SMILES string of the molecule is CCC(CC1CC1)NC1CC(c2cccc(OC)c2)C1. The molecule has 0 spiro atoms. The quantitative estimate of drug-likeness (QED) is 0.807. The summed E-state index contributed by atoms with van der Waals surface area (Å²) in [6, 6.07) is 10.1. The van der Waals surface area contributed by atoms with Crippen LogP contribution in [0.3, 0.4) is 0 Å². The topological polar surface area (TPSA) is 21.3 Å². The number of hydrogen-bond donors (Lipinski definition) is 1. The van der Waals surface area contributed by atoms with Gasteiger partial charge in [-0.2, -0.15) is 0 Å². The zero-order valence-corrected chi connectivity index (χ0v) is 12.8. The van der Waals surface area contributed by atoms with Crippen LogP contribution in [0.2, 0.25) is 0 Å². The molecule has 0 bridgehead atoms.